The molecule has 1 aromatic heterocycles. The largest absolute Gasteiger partial charge is 0.480 e. The van der Waals surface area contributed by atoms with Crippen LogP contribution in [0.1, 0.15) is 32.3 Å². The first kappa shape index (κ1) is 29.3. The second-order valence-electron chi connectivity index (χ2n) is 9.04. The van der Waals surface area contributed by atoms with Crippen LogP contribution in [0.2, 0.25) is 0 Å². The van der Waals surface area contributed by atoms with Gasteiger partial charge in [-0.25, -0.2) is 4.79 Å². The number of carbonyl (C=O) groups excluding carboxylic acids is 4. The van der Waals surface area contributed by atoms with Gasteiger partial charge in [-0.3, -0.25) is 19.2 Å². The van der Waals surface area contributed by atoms with Crippen molar-refractivity contribution >= 4 is 40.5 Å². The average molecular weight is 519 g/mol. The predicted molar refractivity (Wildman–Crippen MR) is 134 cm³/mol. The molecule has 13 heteroatoms. The van der Waals surface area contributed by atoms with Gasteiger partial charge in [0.1, 0.15) is 18.1 Å². The van der Waals surface area contributed by atoms with E-state index in [1.807, 2.05) is 18.2 Å². The Balaban J connectivity index is 2.32. The highest BCUT2D eigenvalue weighted by molar-refractivity contribution is 5.95. The van der Waals surface area contributed by atoms with E-state index in [2.05, 4.69) is 20.9 Å². The summed E-state index contributed by atoms with van der Waals surface area (Å²) in [6.07, 6.45) is 1.25. The first-order chi connectivity index (χ1) is 17.4. The maximum Gasteiger partial charge on any atom is 0.328 e. The van der Waals surface area contributed by atoms with Crippen molar-refractivity contribution in [2.75, 3.05) is 6.61 Å². The maximum atomic E-state index is 13.2. The van der Waals surface area contributed by atoms with Crippen molar-refractivity contribution in [1.82, 2.24) is 20.9 Å². The van der Waals surface area contributed by atoms with E-state index < -0.39 is 60.4 Å². The van der Waals surface area contributed by atoms with Crippen LogP contribution in [0.15, 0.2) is 30.5 Å². The number of carboxylic acids is 1. The number of nitrogens with one attached hydrogen (secondary N) is 4. The van der Waals surface area contributed by atoms with Crippen LogP contribution in [-0.2, 0) is 30.4 Å². The zero-order valence-electron chi connectivity index (χ0n) is 20.7. The third-order valence-electron chi connectivity index (χ3n) is 5.86. The molecule has 0 aliphatic rings. The van der Waals surface area contributed by atoms with E-state index in [9.17, 15) is 34.2 Å². The number of aliphatic hydroxyl groups excluding tert-OH is 1. The van der Waals surface area contributed by atoms with Gasteiger partial charge in [-0.15, -0.1) is 0 Å². The fraction of sp³-hybridized carbons (Fsp3) is 0.458. The third kappa shape index (κ3) is 8.29. The SMILES string of the molecule is CC(C)C(N)C(=O)NC(CCC(N)=O)C(=O)NC(Cc1c[nH]c2ccccc12)C(=O)NC(CO)C(=O)O. The van der Waals surface area contributed by atoms with Gasteiger partial charge in [-0.2, -0.15) is 0 Å². The van der Waals surface area contributed by atoms with Crippen LogP contribution in [0, 0.1) is 5.92 Å². The smallest absolute Gasteiger partial charge is 0.328 e. The number of aliphatic carboxylic acids is 1. The van der Waals surface area contributed by atoms with Gasteiger partial charge >= 0.3 is 5.97 Å². The number of aromatic amines is 1. The Hall–Kier alpha value is -3.97. The minimum Gasteiger partial charge on any atom is -0.480 e. The molecule has 0 fully saturated rings. The number of primary amides is 1. The Morgan fingerprint density at radius 3 is 2.14 bits per heavy atom. The van der Waals surface area contributed by atoms with Crippen LogP contribution in [-0.4, -0.2) is 75.6 Å². The monoisotopic (exact) mass is 518 g/mol. The van der Waals surface area contributed by atoms with E-state index in [1.54, 1.807) is 26.1 Å². The topological polar surface area (TPSA) is 230 Å². The number of rotatable bonds is 14. The number of para-hydroxylation sites is 1. The number of carboxylic acid groups (broad SMARTS) is 1. The second-order valence-corrected chi connectivity index (χ2v) is 9.04. The minimum absolute atomic E-state index is 0.0403. The molecule has 1 heterocycles. The van der Waals surface area contributed by atoms with E-state index in [0.29, 0.717) is 5.56 Å². The standard InChI is InChI=1S/C24H34N6O7/c1-12(2)20(26)23(35)28-16(7-8-19(25)32)21(33)29-17(22(34)30-18(11-31)24(36)37)9-13-10-27-15-6-4-3-5-14(13)15/h3-6,10,12,16-18,20,27,31H,7-9,11,26H2,1-2H3,(H2,25,32)(H,28,35)(H,29,33)(H,30,34)(H,36,37). The first-order valence-electron chi connectivity index (χ1n) is 11.8. The summed E-state index contributed by atoms with van der Waals surface area (Å²) in [6, 6.07) is 2.22. The predicted octanol–water partition coefficient (Wildman–Crippen LogP) is -1.51. The highest BCUT2D eigenvalue weighted by Gasteiger charge is 2.31. The van der Waals surface area contributed by atoms with Crippen LogP contribution in [0.5, 0.6) is 0 Å². The average Bonchev–Trinajstić information content (AvgIpc) is 3.26. The van der Waals surface area contributed by atoms with Crippen LogP contribution in [0.3, 0.4) is 0 Å². The lowest BCUT2D eigenvalue weighted by Crippen LogP contribution is -2.58. The van der Waals surface area contributed by atoms with Crippen LogP contribution in [0.4, 0.5) is 0 Å². The summed E-state index contributed by atoms with van der Waals surface area (Å²) in [5.41, 5.74) is 12.5. The number of carbonyl (C=O) groups is 5. The van der Waals surface area contributed by atoms with Crippen LogP contribution >= 0.6 is 0 Å². The summed E-state index contributed by atoms with van der Waals surface area (Å²) in [4.78, 5) is 64.5. The summed E-state index contributed by atoms with van der Waals surface area (Å²) in [5.74, 6) is -4.65. The van der Waals surface area contributed by atoms with E-state index in [4.69, 9.17) is 11.5 Å². The molecule has 1 aromatic carbocycles. The van der Waals surface area contributed by atoms with Crippen LogP contribution in [0.25, 0.3) is 10.9 Å². The minimum atomic E-state index is -1.59. The number of H-pyrrole nitrogens is 1. The van der Waals surface area contributed by atoms with Crippen LogP contribution < -0.4 is 27.4 Å². The lowest BCUT2D eigenvalue weighted by molar-refractivity contribution is -0.143. The molecule has 13 nitrogen and oxygen atoms in total. The highest BCUT2D eigenvalue weighted by Crippen LogP contribution is 2.19. The summed E-state index contributed by atoms with van der Waals surface area (Å²) in [7, 11) is 0. The molecule has 0 aliphatic heterocycles. The molecular formula is C24H34N6O7. The molecule has 202 valence electrons. The molecule has 4 atom stereocenters. The fourth-order valence-corrected chi connectivity index (χ4v) is 3.59. The van der Waals surface area contributed by atoms with Gasteiger partial charge in [-0.1, -0.05) is 32.0 Å². The quantitative estimate of drug-likeness (QED) is 0.146. The molecule has 0 aliphatic carbocycles. The Morgan fingerprint density at radius 2 is 1.54 bits per heavy atom. The van der Waals surface area contributed by atoms with Gasteiger partial charge in [0.05, 0.1) is 12.6 Å². The number of amides is 4. The van der Waals surface area contributed by atoms with E-state index in [-0.39, 0.29) is 25.2 Å². The summed E-state index contributed by atoms with van der Waals surface area (Å²) in [5, 5.41) is 26.6. The summed E-state index contributed by atoms with van der Waals surface area (Å²) >= 11 is 0. The van der Waals surface area contributed by atoms with Crippen molar-refractivity contribution in [3.05, 3.63) is 36.0 Å². The Bertz CT molecular complexity index is 1130. The Morgan fingerprint density at radius 1 is 0.946 bits per heavy atom. The number of hydrogen-bond donors (Lipinski definition) is 8. The van der Waals surface area contributed by atoms with Crippen molar-refractivity contribution in [2.45, 2.75) is 57.3 Å². The highest BCUT2D eigenvalue weighted by atomic mass is 16.4. The normalized spacial score (nSPS) is 14.4. The Kier molecular flexibility index (Phi) is 10.6. The number of fused-ring (bicyclic) bond motifs is 1. The molecule has 4 unspecified atom stereocenters. The molecule has 2 aromatic rings. The molecule has 0 radical (unpaired) electrons. The molecule has 0 spiro atoms. The van der Waals surface area contributed by atoms with Crippen molar-refractivity contribution in [3.63, 3.8) is 0 Å². The molecule has 0 saturated carbocycles. The number of aromatic nitrogens is 1. The van der Waals surface area contributed by atoms with E-state index in [1.165, 1.54) is 0 Å². The third-order valence-corrected chi connectivity index (χ3v) is 5.86. The molecule has 10 N–H and O–H groups in total. The number of benzene rings is 1. The van der Waals surface area contributed by atoms with Gasteiger partial charge in [0.25, 0.3) is 0 Å². The van der Waals surface area contributed by atoms with Crippen molar-refractivity contribution < 1.29 is 34.2 Å². The summed E-state index contributed by atoms with van der Waals surface area (Å²) < 4.78 is 0. The van der Waals surface area contributed by atoms with Crippen molar-refractivity contribution in [3.8, 4) is 0 Å². The van der Waals surface area contributed by atoms with Gasteiger partial charge in [0, 0.05) is 29.9 Å². The molecule has 0 bridgehead atoms. The number of aliphatic hydroxyl groups is 1. The lowest BCUT2D eigenvalue weighted by Gasteiger charge is -2.25. The zero-order valence-corrected chi connectivity index (χ0v) is 20.7. The van der Waals surface area contributed by atoms with Gasteiger partial charge < -0.3 is 42.6 Å². The summed E-state index contributed by atoms with van der Waals surface area (Å²) in [6.45, 7) is 2.59. The fourth-order valence-electron chi connectivity index (χ4n) is 3.59. The molecule has 4 amide bonds. The lowest BCUT2D eigenvalue weighted by atomic mass is 10.0. The maximum absolute atomic E-state index is 13.2. The molecular weight excluding hydrogens is 484 g/mol. The number of hydrogen-bond acceptors (Lipinski definition) is 7. The van der Waals surface area contributed by atoms with Gasteiger partial charge in [-0.05, 0) is 24.0 Å². The van der Waals surface area contributed by atoms with Gasteiger partial charge in [0.15, 0.2) is 0 Å². The zero-order chi connectivity index (χ0) is 27.7. The number of nitrogens with two attached hydrogens (primary N) is 2. The van der Waals surface area contributed by atoms with Crippen molar-refractivity contribution in [2.24, 2.45) is 17.4 Å². The first-order valence-corrected chi connectivity index (χ1v) is 11.8. The Labute approximate surface area is 213 Å². The molecule has 2 rings (SSSR count). The van der Waals surface area contributed by atoms with E-state index >= 15 is 0 Å². The second kappa shape index (κ2) is 13.4. The van der Waals surface area contributed by atoms with Gasteiger partial charge in [0.2, 0.25) is 23.6 Å². The van der Waals surface area contributed by atoms with Crippen molar-refractivity contribution in [1.29, 1.82) is 0 Å². The van der Waals surface area contributed by atoms with E-state index in [0.717, 1.165) is 10.9 Å². The molecule has 0 saturated heterocycles. The molecule has 37 heavy (non-hydrogen) atoms.